The van der Waals surface area contributed by atoms with E-state index in [2.05, 4.69) is 60.3 Å². The zero-order valence-corrected chi connectivity index (χ0v) is 16.5. The van der Waals surface area contributed by atoms with Crippen LogP contribution in [0.1, 0.15) is 38.3 Å². The van der Waals surface area contributed by atoms with Crippen molar-refractivity contribution in [2.24, 2.45) is 0 Å². The monoisotopic (exact) mass is 372 g/mol. The van der Waals surface area contributed by atoms with E-state index in [-0.39, 0.29) is 5.91 Å². The van der Waals surface area contributed by atoms with Gasteiger partial charge in [0.1, 0.15) is 5.69 Å². The van der Waals surface area contributed by atoms with Crippen molar-refractivity contribution in [3.05, 3.63) is 82.2 Å². The van der Waals surface area contributed by atoms with Crippen molar-refractivity contribution in [3.63, 3.8) is 0 Å². The van der Waals surface area contributed by atoms with Gasteiger partial charge >= 0.3 is 0 Å². The first-order valence-corrected chi connectivity index (χ1v) is 9.55. The SMILES string of the molecule is Cc1cc(C)c(Nc2nccc(C(=O)N3CCc4ccccc4C3)n2)c(C)c1. The summed E-state index contributed by atoms with van der Waals surface area (Å²) < 4.78 is 0. The lowest BCUT2D eigenvalue weighted by atomic mass is 10.00. The molecule has 1 amide bonds. The molecule has 0 saturated carbocycles. The molecule has 2 heterocycles. The molecule has 1 aliphatic rings. The van der Waals surface area contributed by atoms with Crippen LogP contribution in [0.3, 0.4) is 0 Å². The summed E-state index contributed by atoms with van der Waals surface area (Å²) in [5, 5.41) is 3.29. The van der Waals surface area contributed by atoms with Gasteiger partial charge in [0.2, 0.25) is 5.95 Å². The third-order valence-electron chi connectivity index (χ3n) is 5.21. The van der Waals surface area contributed by atoms with Crippen molar-refractivity contribution in [3.8, 4) is 0 Å². The molecule has 4 rings (SSSR count). The number of nitrogens with zero attached hydrogens (tertiary/aromatic N) is 3. The average molecular weight is 372 g/mol. The molecular formula is C23H24N4O. The van der Waals surface area contributed by atoms with Gasteiger partial charge in [0.05, 0.1) is 0 Å². The molecule has 0 radical (unpaired) electrons. The molecule has 0 bridgehead atoms. The Labute approximate surface area is 165 Å². The molecule has 0 spiro atoms. The molecule has 1 aliphatic heterocycles. The van der Waals surface area contributed by atoms with Crippen LogP contribution in [0.5, 0.6) is 0 Å². The first-order valence-electron chi connectivity index (χ1n) is 9.55. The number of fused-ring (bicyclic) bond motifs is 1. The van der Waals surface area contributed by atoms with E-state index in [0.717, 1.165) is 23.2 Å². The maximum atomic E-state index is 13.0. The number of aromatic nitrogens is 2. The lowest BCUT2D eigenvalue weighted by Gasteiger charge is -2.28. The summed E-state index contributed by atoms with van der Waals surface area (Å²) in [7, 11) is 0. The van der Waals surface area contributed by atoms with E-state index >= 15 is 0 Å². The summed E-state index contributed by atoms with van der Waals surface area (Å²) in [6.07, 6.45) is 2.51. The van der Waals surface area contributed by atoms with Gasteiger partial charge in [-0.1, -0.05) is 42.0 Å². The molecule has 0 atom stereocenters. The third kappa shape index (κ3) is 3.60. The number of aryl methyl sites for hydroxylation is 3. The quantitative estimate of drug-likeness (QED) is 0.743. The summed E-state index contributed by atoms with van der Waals surface area (Å²) in [5.41, 5.74) is 7.41. The Morgan fingerprint density at radius 1 is 1.04 bits per heavy atom. The van der Waals surface area contributed by atoms with E-state index < -0.39 is 0 Å². The zero-order chi connectivity index (χ0) is 19.7. The van der Waals surface area contributed by atoms with Crippen molar-refractivity contribution < 1.29 is 4.79 Å². The number of carbonyl (C=O) groups is 1. The van der Waals surface area contributed by atoms with Crippen LogP contribution >= 0.6 is 0 Å². The van der Waals surface area contributed by atoms with Crippen LogP contribution in [0.15, 0.2) is 48.7 Å². The summed E-state index contributed by atoms with van der Waals surface area (Å²) in [6.45, 7) is 7.53. The highest BCUT2D eigenvalue weighted by atomic mass is 16.2. The number of benzene rings is 2. The molecule has 2 aromatic carbocycles. The van der Waals surface area contributed by atoms with Gasteiger partial charge in [0.25, 0.3) is 5.91 Å². The topological polar surface area (TPSA) is 58.1 Å². The van der Waals surface area contributed by atoms with Crippen molar-refractivity contribution in [1.29, 1.82) is 0 Å². The van der Waals surface area contributed by atoms with Gasteiger partial charge in [-0.25, -0.2) is 9.97 Å². The van der Waals surface area contributed by atoms with Gasteiger partial charge in [-0.15, -0.1) is 0 Å². The molecule has 5 heteroatoms. The van der Waals surface area contributed by atoms with Crippen LogP contribution in [-0.4, -0.2) is 27.3 Å². The largest absolute Gasteiger partial charge is 0.333 e. The highest BCUT2D eigenvalue weighted by molar-refractivity contribution is 5.92. The predicted octanol–water partition coefficient (Wildman–Crippen LogP) is 4.34. The highest BCUT2D eigenvalue weighted by Gasteiger charge is 2.22. The molecule has 0 fully saturated rings. The van der Waals surface area contributed by atoms with Gasteiger partial charge in [-0.05, 0) is 55.5 Å². The predicted molar refractivity (Wildman–Crippen MR) is 111 cm³/mol. The summed E-state index contributed by atoms with van der Waals surface area (Å²) in [4.78, 5) is 23.7. The van der Waals surface area contributed by atoms with Crippen LogP contribution < -0.4 is 5.32 Å². The Morgan fingerprint density at radius 3 is 2.50 bits per heavy atom. The summed E-state index contributed by atoms with van der Waals surface area (Å²) in [6, 6.07) is 14.2. The number of rotatable bonds is 3. The summed E-state index contributed by atoms with van der Waals surface area (Å²) >= 11 is 0. The Balaban J connectivity index is 1.55. The number of amides is 1. The molecule has 28 heavy (non-hydrogen) atoms. The minimum Gasteiger partial charge on any atom is -0.333 e. The first-order chi connectivity index (χ1) is 13.5. The molecule has 3 aromatic rings. The minimum absolute atomic E-state index is 0.0581. The number of anilines is 2. The molecule has 0 saturated heterocycles. The Hall–Kier alpha value is -3.21. The smallest absolute Gasteiger partial charge is 0.272 e. The van der Waals surface area contributed by atoms with Crippen LogP contribution in [0.4, 0.5) is 11.6 Å². The third-order valence-corrected chi connectivity index (χ3v) is 5.21. The van der Waals surface area contributed by atoms with E-state index in [1.165, 1.54) is 16.7 Å². The number of carbonyl (C=O) groups excluding carboxylic acids is 1. The van der Waals surface area contributed by atoms with Gasteiger partial charge in [0.15, 0.2) is 0 Å². The van der Waals surface area contributed by atoms with Crippen molar-refractivity contribution in [1.82, 2.24) is 14.9 Å². The van der Waals surface area contributed by atoms with Gasteiger partial charge < -0.3 is 10.2 Å². The van der Waals surface area contributed by atoms with Gasteiger partial charge in [-0.2, -0.15) is 0 Å². The standard InChI is InChI=1S/C23H24N4O/c1-15-12-16(2)21(17(3)13-15)26-23-24-10-8-20(25-23)22(28)27-11-9-18-6-4-5-7-19(18)14-27/h4-8,10,12-13H,9,11,14H2,1-3H3,(H,24,25,26). The molecule has 0 unspecified atom stereocenters. The van der Waals surface area contributed by atoms with Crippen molar-refractivity contribution >= 4 is 17.5 Å². The van der Waals surface area contributed by atoms with E-state index in [1.54, 1.807) is 12.3 Å². The van der Waals surface area contributed by atoms with E-state index in [1.807, 2.05) is 17.0 Å². The minimum atomic E-state index is -0.0581. The molecule has 5 nitrogen and oxygen atoms in total. The Bertz CT molecular complexity index is 1020. The lowest BCUT2D eigenvalue weighted by molar-refractivity contribution is 0.0728. The fourth-order valence-corrected chi connectivity index (χ4v) is 3.86. The maximum absolute atomic E-state index is 13.0. The van der Waals surface area contributed by atoms with Crippen molar-refractivity contribution in [2.75, 3.05) is 11.9 Å². The van der Waals surface area contributed by atoms with E-state index in [4.69, 9.17) is 0 Å². The van der Waals surface area contributed by atoms with E-state index in [9.17, 15) is 4.79 Å². The molecule has 0 aliphatic carbocycles. The average Bonchev–Trinajstić information content (AvgIpc) is 2.70. The van der Waals surface area contributed by atoms with Crippen molar-refractivity contribution in [2.45, 2.75) is 33.7 Å². The lowest BCUT2D eigenvalue weighted by Crippen LogP contribution is -2.36. The fourth-order valence-electron chi connectivity index (χ4n) is 3.86. The second kappa shape index (κ2) is 7.43. The highest BCUT2D eigenvalue weighted by Crippen LogP contribution is 2.25. The van der Waals surface area contributed by atoms with Crippen LogP contribution in [0.25, 0.3) is 0 Å². The molecule has 1 N–H and O–H groups in total. The summed E-state index contributed by atoms with van der Waals surface area (Å²) in [5.74, 6) is 0.385. The van der Waals surface area contributed by atoms with E-state index in [0.29, 0.717) is 24.7 Å². The van der Waals surface area contributed by atoms with Crippen LogP contribution in [0, 0.1) is 20.8 Å². The second-order valence-electron chi connectivity index (χ2n) is 7.41. The normalized spacial score (nSPS) is 13.2. The molecule has 142 valence electrons. The Kier molecular flexibility index (Phi) is 4.82. The number of hydrogen-bond acceptors (Lipinski definition) is 4. The number of hydrogen-bond donors (Lipinski definition) is 1. The fraction of sp³-hybridized carbons (Fsp3) is 0.261. The van der Waals surface area contributed by atoms with Gasteiger partial charge in [-0.3, -0.25) is 4.79 Å². The maximum Gasteiger partial charge on any atom is 0.272 e. The molecular weight excluding hydrogens is 348 g/mol. The first kappa shape index (κ1) is 18.2. The number of nitrogens with one attached hydrogen (secondary N) is 1. The van der Waals surface area contributed by atoms with Crippen LogP contribution in [0.2, 0.25) is 0 Å². The zero-order valence-electron chi connectivity index (χ0n) is 16.5. The molecule has 1 aromatic heterocycles. The van der Waals surface area contributed by atoms with Gasteiger partial charge in [0, 0.05) is 25.0 Å². The van der Waals surface area contributed by atoms with Crippen LogP contribution in [-0.2, 0) is 13.0 Å². The second-order valence-corrected chi connectivity index (χ2v) is 7.41. The Morgan fingerprint density at radius 2 is 1.75 bits per heavy atom.